The first-order chi connectivity index (χ1) is 15.6. The zero-order valence-electron chi connectivity index (χ0n) is 17.7. The minimum Gasteiger partial charge on any atom is -0.490 e. The van der Waals surface area contributed by atoms with Gasteiger partial charge in [0.05, 0.1) is 18.5 Å². The van der Waals surface area contributed by atoms with Crippen LogP contribution in [-0.2, 0) is 6.42 Å². The molecule has 1 saturated heterocycles. The second kappa shape index (κ2) is 8.41. The number of amides is 1. The van der Waals surface area contributed by atoms with Gasteiger partial charge in [-0.2, -0.15) is 10.2 Å². The number of hydrogen-bond donors (Lipinski definition) is 1. The molecule has 1 aliphatic heterocycles. The van der Waals surface area contributed by atoms with E-state index in [0.29, 0.717) is 37.3 Å². The van der Waals surface area contributed by atoms with E-state index in [1.165, 1.54) is 6.07 Å². The standard InChI is InChI=1S/C23H23FN6O2/c1-15-11-25-22-18(12-26-30(22)13-15)23(31)29-8-6-16(14-29)20-10-17(27-28-20)7-9-32-21-5-3-2-4-19(21)24/h2-5,10-13,16H,6-9,14H2,1H3,(H,27,28)/t16-/m1/s1. The lowest BCUT2D eigenvalue weighted by molar-refractivity contribution is 0.0792. The summed E-state index contributed by atoms with van der Waals surface area (Å²) in [5.74, 6) is -0.0269. The summed E-state index contributed by atoms with van der Waals surface area (Å²) < 4.78 is 20.8. The van der Waals surface area contributed by atoms with E-state index in [1.54, 1.807) is 35.1 Å². The molecule has 0 saturated carbocycles. The number of carbonyl (C=O) groups excluding carboxylic acids is 1. The second-order valence-corrected chi connectivity index (χ2v) is 8.04. The lowest BCUT2D eigenvalue weighted by Crippen LogP contribution is -2.28. The average Bonchev–Trinajstić information content (AvgIpc) is 3.54. The van der Waals surface area contributed by atoms with Crippen molar-refractivity contribution in [3.63, 3.8) is 0 Å². The number of halogens is 1. The van der Waals surface area contributed by atoms with E-state index in [1.807, 2.05) is 24.1 Å². The Labute approximate surface area is 184 Å². The van der Waals surface area contributed by atoms with Crippen LogP contribution in [0.2, 0.25) is 0 Å². The Morgan fingerprint density at radius 1 is 1.31 bits per heavy atom. The summed E-state index contributed by atoms with van der Waals surface area (Å²) >= 11 is 0. The Morgan fingerprint density at radius 3 is 3.06 bits per heavy atom. The molecule has 5 rings (SSSR count). The van der Waals surface area contributed by atoms with Crippen molar-refractivity contribution in [3.8, 4) is 5.75 Å². The fourth-order valence-electron chi connectivity index (χ4n) is 4.02. The predicted octanol–water partition coefficient (Wildman–Crippen LogP) is 3.15. The number of para-hydroxylation sites is 1. The number of carbonyl (C=O) groups is 1. The van der Waals surface area contributed by atoms with Crippen LogP contribution in [0.15, 0.2) is 48.9 Å². The van der Waals surface area contributed by atoms with E-state index < -0.39 is 0 Å². The molecule has 0 bridgehead atoms. The highest BCUT2D eigenvalue weighted by atomic mass is 19.1. The number of aromatic amines is 1. The molecule has 32 heavy (non-hydrogen) atoms. The van der Waals surface area contributed by atoms with Crippen molar-refractivity contribution in [2.24, 2.45) is 0 Å². The van der Waals surface area contributed by atoms with Crippen LogP contribution >= 0.6 is 0 Å². The van der Waals surface area contributed by atoms with Crippen molar-refractivity contribution in [1.29, 1.82) is 0 Å². The summed E-state index contributed by atoms with van der Waals surface area (Å²) in [5, 5.41) is 11.7. The van der Waals surface area contributed by atoms with Gasteiger partial charge in [0.1, 0.15) is 5.56 Å². The van der Waals surface area contributed by atoms with Crippen molar-refractivity contribution < 1.29 is 13.9 Å². The van der Waals surface area contributed by atoms with E-state index in [0.717, 1.165) is 23.4 Å². The SMILES string of the molecule is Cc1cnc2c(C(=O)N3CC[C@@H](c4cc(CCOc5ccccc5F)[nH]n4)C3)cnn2c1. The second-order valence-electron chi connectivity index (χ2n) is 8.04. The van der Waals surface area contributed by atoms with Crippen LogP contribution in [0.1, 0.15) is 39.6 Å². The molecule has 1 atom stereocenters. The largest absolute Gasteiger partial charge is 0.490 e. The van der Waals surface area contributed by atoms with Gasteiger partial charge in [-0.05, 0) is 37.1 Å². The Hall–Kier alpha value is -3.75. The van der Waals surface area contributed by atoms with Crippen LogP contribution in [0, 0.1) is 12.7 Å². The van der Waals surface area contributed by atoms with Crippen molar-refractivity contribution in [3.05, 3.63) is 77.3 Å². The minimum atomic E-state index is -0.370. The van der Waals surface area contributed by atoms with Gasteiger partial charge in [-0.25, -0.2) is 13.9 Å². The Bertz CT molecular complexity index is 1270. The highest BCUT2D eigenvalue weighted by Gasteiger charge is 2.31. The Kier molecular flexibility index (Phi) is 5.30. The highest BCUT2D eigenvalue weighted by Crippen LogP contribution is 2.28. The Morgan fingerprint density at radius 2 is 2.19 bits per heavy atom. The van der Waals surface area contributed by atoms with Crippen LogP contribution in [0.4, 0.5) is 4.39 Å². The molecule has 164 valence electrons. The predicted molar refractivity (Wildman–Crippen MR) is 115 cm³/mol. The van der Waals surface area contributed by atoms with Crippen LogP contribution in [0.5, 0.6) is 5.75 Å². The maximum absolute atomic E-state index is 13.6. The average molecular weight is 434 g/mol. The number of aromatic nitrogens is 5. The molecule has 0 unspecified atom stereocenters. The number of likely N-dealkylation sites (tertiary alicyclic amines) is 1. The number of aryl methyl sites for hydroxylation is 1. The number of benzene rings is 1. The first kappa shape index (κ1) is 20.2. The smallest absolute Gasteiger partial charge is 0.259 e. The van der Waals surface area contributed by atoms with Gasteiger partial charge in [0.15, 0.2) is 17.2 Å². The normalized spacial score (nSPS) is 16.1. The molecule has 1 amide bonds. The van der Waals surface area contributed by atoms with Crippen LogP contribution < -0.4 is 4.74 Å². The molecule has 4 aromatic rings. The molecule has 3 aromatic heterocycles. The van der Waals surface area contributed by atoms with Crippen LogP contribution in [0.3, 0.4) is 0 Å². The third kappa shape index (κ3) is 3.93. The third-order valence-electron chi connectivity index (χ3n) is 5.73. The maximum Gasteiger partial charge on any atom is 0.259 e. The molecular formula is C23H23FN6O2. The van der Waals surface area contributed by atoms with Gasteiger partial charge in [-0.15, -0.1) is 0 Å². The fraction of sp³-hybridized carbons (Fsp3) is 0.304. The lowest BCUT2D eigenvalue weighted by Gasteiger charge is -2.15. The number of nitrogens with one attached hydrogen (secondary N) is 1. The topological polar surface area (TPSA) is 88.4 Å². The quantitative estimate of drug-likeness (QED) is 0.504. The highest BCUT2D eigenvalue weighted by molar-refractivity contribution is 5.99. The molecule has 9 heteroatoms. The molecule has 0 aliphatic carbocycles. The van der Waals surface area contributed by atoms with Gasteiger partial charge >= 0.3 is 0 Å². The minimum absolute atomic E-state index is 0.0621. The van der Waals surface area contributed by atoms with Gasteiger partial charge in [0.2, 0.25) is 0 Å². The molecule has 1 aromatic carbocycles. The lowest BCUT2D eigenvalue weighted by atomic mass is 10.0. The van der Waals surface area contributed by atoms with Gasteiger partial charge in [0.25, 0.3) is 5.91 Å². The monoisotopic (exact) mass is 434 g/mol. The number of rotatable bonds is 6. The fourth-order valence-corrected chi connectivity index (χ4v) is 4.02. The van der Waals surface area contributed by atoms with Gasteiger partial charge < -0.3 is 9.64 Å². The molecule has 0 spiro atoms. The van der Waals surface area contributed by atoms with Gasteiger partial charge in [-0.3, -0.25) is 9.89 Å². The molecular weight excluding hydrogens is 411 g/mol. The summed E-state index contributed by atoms with van der Waals surface area (Å²) in [6, 6.07) is 8.36. The number of hydrogen-bond acceptors (Lipinski definition) is 5. The number of ether oxygens (including phenoxy) is 1. The summed E-state index contributed by atoms with van der Waals surface area (Å²) in [5.41, 5.74) is 3.91. The van der Waals surface area contributed by atoms with Crippen molar-refractivity contribution in [2.75, 3.05) is 19.7 Å². The number of fused-ring (bicyclic) bond motifs is 1. The summed E-state index contributed by atoms with van der Waals surface area (Å²) in [6.45, 7) is 3.54. The van der Waals surface area contributed by atoms with E-state index in [2.05, 4.69) is 20.3 Å². The summed E-state index contributed by atoms with van der Waals surface area (Å²) in [7, 11) is 0. The van der Waals surface area contributed by atoms with Crippen molar-refractivity contribution in [2.45, 2.75) is 25.7 Å². The number of H-pyrrole nitrogens is 1. The third-order valence-corrected chi connectivity index (χ3v) is 5.73. The molecule has 1 fully saturated rings. The Balaban J connectivity index is 1.20. The molecule has 0 radical (unpaired) electrons. The first-order valence-electron chi connectivity index (χ1n) is 10.6. The maximum atomic E-state index is 13.6. The van der Waals surface area contributed by atoms with Crippen LogP contribution in [0.25, 0.3) is 5.65 Å². The van der Waals surface area contributed by atoms with E-state index in [4.69, 9.17) is 4.74 Å². The molecule has 1 aliphatic rings. The van der Waals surface area contributed by atoms with Crippen molar-refractivity contribution >= 4 is 11.6 Å². The van der Waals surface area contributed by atoms with E-state index >= 15 is 0 Å². The van der Waals surface area contributed by atoms with E-state index in [9.17, 15) is 9.18 Å². The van der Waals surface area contributed by atoms with E-state index in [-0.39, 0.29) is 23.4 Å². The zero-order valence-corrected chi connectivity index (χ0v) is 17.7. The summed E-state index contributed by atoms with van der Waals surface area (Å²) in [4.78, 5) is 19.3. The van der Waals surface area contributed by atoms with Crippen LogP contribution in [-0.4, -0.2) is 55.3 Å². The van der Waals surface area contributed by atoms with Crippen molar-refractivity contribution in [1.82, 2.24) is 29.7 Å². The first-order valence-corrected chi connectivity index (χ1v) is 10.6. The molecule has 1 N–H and O–H groups in total. The van der Waals surface area contributed by atoms with Gasteiger partial charge in [-0.1, -0.05) is 12.1 Å². The zero-order chi connectivity index (χ0) is 22.1. The van der Waals surface area contributed by atoms with Gasteiger partial charge in [0, 0.05) is 43.5 Å². The number of nitrogens with zero attached hydrogens (tertiary/aromatic N) is 5. The molecule has 8 nitrogen and oxygen atoms in total. The molecule has 4 heterocycles. The summed E-state index contributed by atoms with van der Waals surface area (Å²) in [6.07, 6.45) is 6.60.